The Kier molecular flexibility index (Phi) is 5.96. The van der Waals surface area contributed by atoms with Crippen LogP contribution in [0.5, 0.6) is 0 Å². The Hall–Kier alpha value is -2.49. The zero-order valence-corrected chi connectivity index (χ0v) is 15.1. The summed E-state index contributed by atoms with van der Waals surface area (Å²) < 4.78 is 39.1. The molecular formula is C16H15ClFN3O4S. The molecule has 0 radical (unpaired) electrons. The van der Waals surface area contributed by atoms with Gasteiger partial charge in [0.2, 0.25) is 15.9 Å². The fraction of sp³-hybridized carbons (Fsp3) is 0.125. The highest BCUT2D eigenvalue weighted by Gasteiger charge is 2.23. The van der Waals surface area contributed by atoms with E-state index in [-0.39, 0.29) is 16.1 Å². The Morgan fingerprint density at radius 2 is 1.81 bits per heavy atom. The van der Waals surface area contributed by atoms with E-state index in [9.17, 15) is 22.4 Å². The SMILES string of the molecule is CN(CC(=O)Nc1ccc(F)c(C(N)=O)c1)S(=O)(=O)c1ccc(Cl)cc1. The number of hydrogen-bond donors (Lipinski definition) is 2. The standard InChI is InChI=1S/C16H15ClFN3O4S/c1-21(26(24,25)12-5-2-10(17)3-6-12)9-15(22)20-11-4-7-14(18)13(8-11)16(19)23/h2-8H,9H2,1H3,(H2,19,23)(H,20,22). The van der Waals surface area contributed by atoms with Crippen LogP contribution in [-0.4, -0.2) is 38.1 Å². The number of rotatable bonds is 6. The van der Waals surface area contributed by atoms with Gasteiger partial charge in [-0.3, -0.25) is 9.59 Å². The number of nitrogens with one attached hydrogen (secondary N) is 1. The van der Waals surface area contributed by atoms with Gasteiger partial charge in [0.05, 0.1) is 17.0 Å². The van der Waals surface area contributed by atoms with E-state index in [0.717, 1.165) is 16.4 Å². The van der Waals surface area contributed by atoms with Crippen LogP contribution in [0.15, 0.2) is 47.4 Å². The minimum atomic E-state index is -3.89. The number of sulfonamides is 1. The van der Waals surface area contributed by atoms with E-state index >= 15 is 0 Å². The fourth-order valence-electron chi connectivity index (χ4n) is 2.07. The summed E-state index contributed by atoms with van der Waals surface area (Å²) in [6.07, 6.45) is 0. The lowest BCUT2D eigenvalue weighted by molar-refractivity contribution is -0.116. The minimum Gasteiger partial charge on any atom is -0.366 e. The molecular weight excluding hydrogens is 385 g/mol. The number of hydrogen-bond acceptors (Lipinski definition) is 4. The maximum Gasteiger partial charge on any atom is 0.251 e. The van der Waals surface area contributed by atoms with E-state index in [1.54, 1.807) is 0 Å². The van der Waals surface area contributed by atoms with Gasteiger partial charge in [0, 0.05) is 17.8 Å². The van der Waals surface area contributed by atoms with E-state index < -0.39 is 34.2 Å². The Balaban J connectivity index is 2.11. The van der Waals surface area contributed by atoms with Gasteiger partial charge in [-0.15, -0.1) is 0 Å². The molecule has 26 heavy (non-hydrogen) atoms. The molecule has 0 aromatic heterocycles. The normalized spacial score (nSPS) is 11.4. The van der Waals surface area contributed by atoms with Crippen molar-refractivity contribution in [3.8, 4) is 0 Å². The number of likely N-dealkylation sites (N-methyl/N-ethyl adjacent to an activating group) is 1. The fourth-order valence-corrected chi connectivity index (χ4v) is 3.32. The Morgan fingerprint density at radius 3 is 2.38 bits per heavy atom. The Morgan fingerprint density at radius 1 is 1.19 bits per heavy atom. The molecule has 2 amide bonds. The molecule has 3 N–H and O–H groups in total. The van der Waals surface area contributed by atoms with Crippen molar-refractivity contribution in [1.29, 1.82) is 0 Å². The highest BCUT2D eigenvalue weighted by Crippen LogP contribution is 2.18. The zero-order valence-electron chi connectivity index (χ0n) is 13.6. The van der Waals surface area contributed by atoms with Crippen LogP contribution in [0.1, 0.15) is 10.4 Å². The van der Waals surface area contributed by atoms with Crippen molar-refractivity contribution in [3.63, 3.8) is 0 Å². The van der Waals surface area contributed by atoms with Gasteiger partial charge < -0.3 is 11.1 Å². The number of anilines is 1. The summed E-state index contributed by atoms with van der Waals surface area (Å²) in [6, 6.07) is 8.77. The number of nitrogens with zero attached hydrogens (tertiary/aromatic N) is 1. The molecule has 0 spiro atoms. The number of carbonyl (C=O) groups excluding carboxylic acids is 2. The first-order chi connectivity index (χ1) is 12.1. The van der Waals surface area contributed by atoms with E-state index in [4.69, 9.17) is 17.3 Å². The van der Waals surface area contributed by atoms with Gasteiger partial charge in [-0.25, -0.2) is 12.8 Å². The first kappa shape index (κ1) is 19.8. The van der Waals surface area contributed by atoms with E-state index in [2.05, 4.69) is 5.32 Å². The van der Waals surface area contributed by atoms with E-state index in [0.29, 0.717) is 5.02 Å². The summed E-state index contributed by atoms with van der Waals surface area (Å²) in [7, 11) is -2.65. The molecule has 7 nitrogen and oxygen atoms in total. The van der Waals surface area contributed by atoms with Crippen LogP contribution in [0.2, 0.25) is 5.02 Å². The lowest BCUT2D eigenvalue weighted by Crippen LogP contribution is -2.35. The van der Waals surface area contributed by atoms with E-state index in [1.165, 1.54) is 37.4 Å². The van der Waals surface area contributed by atoms with Crippen molar-refractivity contribution >= 4 is 39.1 Å². The van der Waals surface area contributed by atoms with Crippen LogP contribution in [0, 0.1) is 5.82 Å². The summed E-state index contributed by atoms with van der Waals surface area (Å²) in [5.74, 6) is -2.48. The van der Waals surface area contributed by atoms with Gasteiger partial charge in [0.25, 0.3) is 5.91 Å². The molecule has 0 aliphatic carbocycles. The van der Waals surface area contributed by atoms with Gasteiger partial charge in [0.1, 0.15) is 5.82 Å². The second-order valence-electron chi connectivity index (χ2n) is 5.32. The topological polar surface area (TPSA) is 110 Å². The monoisotopic (exact) mass is 399 g/mol. The number of halogens is 2. The molecule has 0 heterocycles. The summed E-state index contributed by atoms with van der Waals surface area (Å²) in [4.78, 5) is 23.2. The maximum absolute atomic E-state index is 13.4. The van der Waals surface area contributed by atoms with Gasteiger partial charge in [-0.2, -0.15) is 4.31 Å². The third kappa shape index (κ3) is 4.57. The molecule has 0 aliphatic rings. The lowest BCUT2D eigenvalue weighted by atomic mass is 10.2. The molecule has 0 bridgehead atoms. The molecule has 0 fully saturated rings. The molecule has 10 heteroatoms. The smallest absolute Gasteiger partial charge is 0.251 e. The molecule has 2 aromatic rings. The average molecular weight is 400 g/mol. The molecule has 0 saturated carbocycles. The number of primary amides is 1. The predicted octanol–water partition coefficient (Wildman–Crippen LogP) is 1.84. The molecule has 0 unspecified atom stereocenters. The highest BCUT2D eigenvalue weighted by atomic mass is 35.5. The number of nitrogens with two attached hydrogens (primary N) is 1. The van der Waals surface area contributed by atoms with Crippen LogP contribution in [0.3, 0.4) is 0 Å². The molecule has 0 atom stereocenters. The lowest BCUT2D eigenvalue weighted by Gasteiger charge is -2.17. The Bertz CT molecular complexity index is 948. The number of amides is 2. The maximum atomic E-state index is 13.4. The van der Waals surface area contributed by atoms with Crippen molar-refractivity contribution in [1.82, 2.24) is 4.31 Å². The first-order valence-electron chi connectivity index (χ1n) is 7.22. The van der Waals surface area contributed by atoms with Crippen molar-refractivity contribution in [2.75, 3.05) is 18.9 Å². The van der Waals surface area contributed by atoms with Gasteiger partial charge >= 0.3 is 0 Å². The second kappa shape index (κ2) is 7.81. The predicted molar refractivity (Wildman–Crippen MR) is 94.8 cm³/mol. The average Bonchev–Trinajstić information content (AvgIpc) is 2.56. The summed E-state index contributed by atoms with van der Waals surface area (Å²) >= 11 is 5.73. The van der Waals surface area contributed by atoms with Crippen molar-refractivity contribution in [3.05, 3.63) is 58.9 Å². The quantitative estimate of drug-likeness (QED) is 0.772. The molecule has 2 aromatic carbocycles. The van der Waals surface area contributed by atoms with E-state index in [1.807, 2.05) is 0 Å². The third-order valence-electron chi connectivity index (χ3n) is 3.40. The molecule has 2 rings (SSSR count). The minimum absolute atomic E-state index is 0.0185. The molecule has 0 saturated heterocycles. The molecule has 0 aliphatic heterocycles. The van der Waals surface area contributed by atoms with Crippen molar-refractivity contribution in [2.45, 2.75) is 4.90 Å². The van der Waals surface area contributed by atoms with Crippen molar-refractivity contribution < 1.29 is 22.4 Å². The molecule has 138 valence electrons. The van der Waals surface area contributed by atoms with Crippen LogP contribution in [0.4, 0.5) is 10.1 Å². The third-order valence-corrected chi connectivity index (χ3v) is 5.47. The highest BCUT2D eigenvalue weighted by molar-refractivity contribution is 7.89. The number of carbonyl (C=O) groups is 2. The number of benzene rings is 2. The van der Waals surface area contributed by atoms with Crippen LogP contribution in [0.25, 0.3) is 0 Å². The van der Waals surface area contributed by atoms with Gasteiger partial charge in [-0.05, 0) is 42.5 Å². The summed E-state index contributed by atoms with van der Waals surface area (Å²) in [5, 5.41) is 2.77. The zero-order chi connectivity index (χ0) is 19.5. The largest absolute Gasteiger partial charge is 0.366 e. The van der Waals surface area contributed by atoms with Crippen molar-refractivity contribution in [2.24, 2.45) is 5.73 Å². The van der Waals surface area contributed by atoms with Crippen LogP contribution in [-0.2, 0) is 14.8 Å². The van der Waals surface area contributed by atoms with Crippen LogP contribution < -0.4 is 11.1 Å². The summed E-state index contributed by atoms with van der Waals surface area (Å²) in [5.41, 5.74) is 4.77. The first-order valence-corrected chi connectivity index (χ1v) is 9.04. The second-order valence-corrected chi connectivity index (χ2v) is 7.80. The van der Waals surface area contributed by atoms with Gasteiger partial charge in [0.15, 0.2) is 0 Å². The van der Waals surface area contributed by atoms with Crippen LogP contribution >= 0.6 is 11.6 Å². The van der Waals surface area contributed by atoms with Gasteiger partial charge in [-0.1, -0.05) is 11.6 Å². The Labute approximate surface area is 154 Å². The summed E-state index contributed by atoms with van der Waals surface area (Å²) in [6.45, 7) is -0.492.